The Hall–Kier alpha value is -1.94. The van der Waals surface area contributed by atoms with Crippen LogP contribution in [0.5, 0.6) is 0 Å². The molecule has 0 aromatic carbocycles. The van der Waals surface area contributed by atoms with E-state index in [0.29, 0.717) is 24.8 Å². The highest BCUT2D eigenvalue weighted by molar-refractivity contribution is 5.82. The summed E-state index contributed by atoms with van der Waals surface area (Å²) in [4.78, 5) is 24.3. The lowest BCUT2D eigenvalue weighted by Crippen LogP contribution is -2.32. The Balaban J connectivity index is 2.39. The predicted octanol–water partition coefficient (Wildman–Crippen LogP) is 3.28. The third-order valence-corrected chi connectivity index (χ3v) is 4.59. The van der Waals surface area contributed by atoms with Crippen LogP contribution in [0.4, 0.5) is 0 Å². The number of rotatable bonds is 4. The Morgan fingerprint density at radius 2 is 2.21 bits per heavy atom. The van der Waals surface area contributed by atoms with Gasteiger partial charge in [-0.1, -0.05) is 36.5 Å². The molecule has 1 N–H and O–H groups in total. The standard InChI is InChI=1S/C20H26O4/c1-14-7-5-11-20(4)12-9-16(17(14)18(22)24-20)15(13-21)8-6-10-19(2,3)23/h5-6,8,10-11,13,16-17,23H,1,7,9,12H2,2-4H3/b10-6+,11-5-,15-8+/t16-,17+,20+/m1/s1. The first-order chi connectivity index (χ1) is 11.2. The number of carbonyl (C=O) groups is 2. The fourth-order valence-corrected chi connectivity index (χ4v) is 3.28. The number of esters is 1. The summed E-state index contributed by atoms with van der Waals surface area (Å²) in [6.07, 6.45) is 11.6. The molecule has 4 nitrogen and oxygen atoms in total. The minimum Gasteiger partial charge on any atom is -0.455 e. The monoisotopic (exact) mass is 330 g/mol. The summed E-state index contributed by atoms with van der Waals surface area (Å²) >= 11 is 0. The van der Waals surface area contributed by atoms with Crippen LogP contribution in [0.1, 0.15) is 40.0 Å². The molecular formula is C20H26O4. The molecule has 2 bridgehead atoms. The van der Waals surface area contributed by atoms with E-state index in [1.807, 2.05) is 19.1 Å². The summed E-state index contributed by atoms with van der Waals surface area (Å²) in [5.74, 6) is -1.08. The summed E-state index contributed by atoms with van der Waals surface area (Å²) in [6.45, 7) is 9.25. The molecule has 0 unspecified atom stereocenters. The first kappa shape index (κ1) is 18.4. The maximum atomic E-state index is 12.6. The Labute approximate surface area is 143 Å². The highest BCUT2D eigenvalue weighted by Crippen LogP contribution is 2.41. The Morgan fingerprint density at radius 1 is 1.50 bits per heavy atom. The van der Waals surface area contributed by atoms with Crippen LogP contribution in [-0.2, 0) is 14.3 Å². The Bertz CT molecular complexity index is 618. The number of carbonyl (C=O) groups excluding carboxylic acids is 2. The number of aliphatic hydroxyl groups is 1. The van der Waals surface area contributed by atoms with Crippen molar-refractivity contribution in [1.82, 2.24) is 0 Å². The maximum Gasteiger partial charge on any atom is 0.314 e. The molecule has 4 heteroatoms. The number of hydrogen-bond donors (Lipinski definition) is 1. The highest BCUT2D eigenvalue weighted by atomic mass is 16.6. The second-order valence-electron chi connectivity index (χ2n) is 7.42. The van der Waals surface area contributed by atoms with Crippen LogP contribution in [-0.4, -0.2) is 28.6 Å². The smallest absolute Gasteiger partial charge is 0.314 e. The minimum absolute atomic E-state index is 0.254. The van der Waals surface area contributed by atoms with Gasteiger partial charge in [0.25, 0.3) is 0 Å². The maximum absolute atomic E-state index is 12.6. The van der Waals surface area contributed by atoms with Crippen molar-refractivity contribution in [1.29, 1.82) is 0 Å². The predicted molar refractivity (Wildman–Crippen MR) is 93.2 cm³/mol. The molecule has 0 spiro atoms. The lowest BCUT2D eigenvalue weighted by Gasteiger charge is -2.28. The van der Waals surface area contributed by atoms with Crippen molar-refractivity contribution in [2.24, 2.45) is 11.8 Å². The average molecular weight is 330 g/mol. The third kappa shape index (κ3) is 4.32. The van der Waals surface area contributed by atoms with E-state index in [1.54, 1.807) is 32.1 Å². The van der Waals surface area contributed by atoms with Gasteiger partial charge in [-0.25, -0.2) is 0 Å². The molecular weight excluding hydrogens is 304 g/mol. The fraction of sp³-hybridized carbons (Fsp3) is 0.500. The average Bonchev–Trinajstić information content (AvgIpc) is 2.54. The molecule has 0 amide bonds. The van der Waals surface area contributed by atoms with Crippen LogP contribution in [0, 0.1) is 11.8 Å². The van der Waals surface area contributed by atoms with Crippen LogP contribution in [0.3, 0.4) is 0 Å². The lowest BCUT2D eigenvalue weighted by atomic mass is 9.78. The molecule has 130 valence electrons. The Morgan fingerprint density at radius 3 is 2.83 bits per heavy atom. The van der Waals surface area contributed by atoms with Crippen LogP contribution < -0.4 is 0 Å². The minimum atomic E-state index is -0.957. The number of ether oxygens (including phenoxy) is 1. The molecule has 24 heavy (non-hydrogen) atoms. The molecule has 3 atom stereocenters. The van der Waals surface area contributed by atoms with Crippen molar-refractivity contribution >= 4 is 12.3 Å². The SMILES string of the molecule is C=C1C/C=C\[C@@]2(C)CC[C@H](/C(C=O)=C/C=C/C(C)(C)O)[C@H]1C(=O)O2. The number of allylic oxidation sites excluding steroid dienone is 4. The van der Waals surface area contributed by atoms with E-state index in [9.17, 15) is 14.7 Å². The van der Waals surface area contributed by atoms with Gasteiger partial charge < -0.3 is 9.84 Å². The zero-order valence-corrected chi connectivity index (χ0v) is 14.6. The van der Waals surface area contributed by atoms with Gasteiger partial charge in [-0.15, -0.1) is 0 Å². The number of hydrogen-bond acceptors (Lipinski definition) is 4. The number of aldehydes is 1. The zero-order chi connectivity index (χ0) is 18.0. The molecule has 0 saturated carbocycles. The molecule has 0 aromatic rings. The van der Waals surface area contributed by atoms with Crippen molar-refractivity contribution in [2.75, 3.05) is 0 Å². The summed E-state index contributed by atoms with van der Waals surface area (Å²) in [5, 5.41) is 9.75. The van der Waals surface area contributed by atoms with Crippen LogP contribution in [0.25, 0.3) is 0 Å². The van der Waals surface area contributed by atoms with E-state index in [-0.39, 0.29) is 11.9 Å². The molecule has 2 aliphatic rings. The molecule has 0 radical (unpaired) electrons. The Kier molecular flexibility index (Phi) is 5.29. The summed E-state index contributed by atoms with van der Waals surface area (Å²) in [7, 11) is 0. The van der Waals surface area contributed by atoms with E-state index >= 15 is 0 Å². The first-order valence-corrected chi connectivity index (χ1v) is 8.30. The van der Waals surface area contributed by atoms with Crippen LogP contribution in [0.15, 0.2) is 48.1 Å². The second-order valence-corrected chi connectivity index (χ2v) is 7.42. The van der Waals surface area contributed by atoms with Crippen molar-refractivity contribution in [3.63, 3.8) is 0 Å². The van der Waals surface area contributed by atoms with E-state index in [2.05, 4.69) is 6.58 Å². The van der Waals surface area contributed by atoms with Crippen molar-refractivity contribution in [3.8, 4) is 0 Å². The van der Waals surface area contributed by atoms with Gasteiger partial charge in [0.1, 0.15) is 11.9 Å². The van der Waals surface area contributed by atoms with Crippen molar-refractivity contribution in [3.05, 3.63) is 48.1 Å². The molecule has 1 saturated heterocycles. The first-order valence-electron chi connectivity index (χ1n) is 8.30. The normalized spacial score (nSPS) is 32.9. The van der Waals surface area contributed by atoms with E-state index in [0.717, 1.165) is 11.9 Å². The third-order valence-electron chi connectivity index (χ3n) is 4.59. The molecule has 2 heterocycles. The van der Waals surface area contributed by atoms with Gasteiger partial charge in [-0.3, -0.25) is 9.59 Å². The summed E-state index contributed by atoms with van der Waals surface area (Å²) < 4.78 is 5.67. The topological polar surface area (TPSA) is 63.6 Å². The number of fused-ring (bicyclic) bond motifs is 3. The second kappa shape index (κ2) is 6.89. The summed E-state index contributed by atoms with van der Waals surface area (Å²) in [6, 6.07) is 0. The quantitative estimate of drug-likeness (QED) is 0.282. The largest absolute Gasteiger partial charge is 0.455 e. The van der Waals surface area contributed by atoms with Gasteiger partial charge in [0.15, 0.2) is 0 Å². The molecule has 0 aliphatic carbocycles. The molecule has 2 aliphatic heterocycles. The zero-order valence-electron chi connectivity index (χ0n) is 14.6. The molecule has 1 fully saturated rings. The van der Waals surface area contributed by atoms with Crippen LogP contribution >= 0.6 is 0 Å². The lowest BCUT2D eigenvalue weighted by molar-refractivity contribution is -0.156. The van der Waals surface area contributed by atoms with Gasteiger partial charge >= 0.3 is 5.97 Å². The van der Waals surface area contributed by atoms with Crippen molar-refractivity contribution in [2.45, 2.75) is 51.2 Å². The van der Waals surface area contributed by atoms with Crippen molar-refractivity contribution < 1.29 is 19.4 Å². The molecule has 2 rings (SSSR count). The van der Waals surface area contributed by atoms with E-state index in [1.165, 1.54) is 0 Å². The van der Waals surface area contributed by atoms with Gasteiger partial charge in [-0.2, -0.15) is 0 Å². The van der Waals surface area contributed by atoms with E-state index < -0.39 is 17.1 Å². The van der Waals surface area contributed by atoms with Gasteiger partial charge in [0, 0.05) is 5.92 Å². The van der Waals surface area contributed by atoms with Gasteiger partial charge in [-0.05, 0) is 51.7 Å². The van der Waals surface area contributed by atoms with E-state index in [4.69, 9.17) is 4.74 Å². The van der Waals surface area contributed by atoms with Crippen LogP contribution in [0.2, 0.25) is 0 Å². The fourth-order valence-electron chi connectivity index (χ4n) is 3.28. The van der Waals surface area contributed by atoms with Gasteiger partial charge in [0.05, 0.1) is 11.5 Å². The molecule has 0 aromatic heterocycles. The van der Waals surface area contributed by atoms with Gasteiger partial charge in [0.2, 0.25) is 0 Å². The summed E-state index contributed by atoms with van der Waals surface area (Å²) in [5.41, 5.74) is -0.280. The highest BCUT2D eigenvalue weighted by Gasteiger charge is 2.42.